The summed E-state index contributed by atoms with van der Waals surface area (Å²) in [7, 11) is 0. The molecule has 0 spiro atoms. The van der Waals surface area contributed by atoms with Crippen molar-refractivity contribution in [3.8, 4) is 11.8 Å². The summed E-state index contributed by atoms with van der Waals surface area (Å²) in [6, 6.07) is 0.873. The molecule has 2 saturated heterocycles. The van der Waals surface area contributed by atoms with Crippen molar-refractivity contribution in [1.29, 1.82) is 0 Å². The van der Waals surface area contributed by atoms with Crippen molar-refractivity contribution in [3.63, 3.8) is 0 Å². The van der Waals surface area contributed by atoms with Gasteiger partial charge < -0.3 is 4.74 Å². The van der Waals surface area contributed by atoms with Crippen LogP contribution in [0.15, 0.2) is 0 Å². The van der Waals surface area contributed by atoms with Gasteiger partial charge in [0.1, 0.15) is 0 Å². The second-order valence-electron chi connectivity index (χ2n) is 4.90. The quantitative estimate of drug-likeness (QED) is 0.424. The van der Waals surface area contributed by atoms with E-state index in [2.05, 4.69) is 22.2 Å². The highest BCUT2D eigenvalue weighted by molar-refractivity contribution is 4.97. The number of nitrogens with one attached hydrogen (secondary N) is 1. The Morgan fingerprint density at radius 1 is 1.59 bits per heavy atom. The van der Waals surface area contributed by atoms with E-state index < -0.39 is 0 Å². The zero-order valence-electron chi connectivity index (χ0n) is 10.6. The van der Waals surface area contributed by atoms with E-state index in [-0.39, 0.29) is 12.1 Å². The molecule has 3 atom stereocenters. The third-order valence-electron chi connectivity index (χ3n) is 3.84. The molecule has 0 aliphatic carbocycles. The number of nitrogens with zero attached hydrogens (tertiary/aromatic N) is 1. The van der Waals surface area contributed by atoms with Crippen molar-refractivity contribution in [2.45, 2.75) is 50.8 Å². The van der Waals surface area contributed by atoms with Gasteiger partial charge in [0.2, 0.25) is 0 Å². The number of rotatable bonds is 4. The van der Waals surface area contributed by atoms with Gasteiger partial charge >= 0.3 is 0 Å². The number of hydrogen-bond donors (Lipinski definition) is 2. The summed E-state index contributed by atoms with van der Waals surface area (Å²) < 4.78 is 5.94. The number of morpholine rings is 1. The molecule has 0 amide bonds. The lowest BCUT2D eigenvalue weighted by Crippen LogP contribution is -2.55. The molecule has 17 heavy (non-hydrogen) atoms. The van der Waals surface area contributed by atoms with E-state index >= 15 is 0 Å². The van der Waals surface area contributed by atoms with Crippen molar-refractivity contribution in [1.82, 2.24) is 10.3 Å². The maximum atomic E-state index is 5.94. The molecule has 0 aromatic heterocycles. The normalized spacial score (nSPS) is 30.5. The van der Waals surface area contributed by atoms with Crippen LogP contribution in [0.5, 0.6) is 0 Å². The Balaban J connectivity index is 1.84. The third kappa shape index (κ3) is 3.20. The molecule has 0 bridgehead atoms. The minimum Gasteiger partial charge on any atom is -0.374 e. The van der Waals surface area contributed by atoms with Crippen molar-refractivity contribution >= 4 is 0 Å². The fourth-order valence-electron chi connectivity index (χ4n) is 2.82. The minimum atomic E-state index is 0.216. The van der Waals surface area contributed by atoms with Crippen molar-refractivity contribution in [3.05, 3.63) is 0 Å². The summed E-state index contributed by atoms with van der Waals surface area (Å²) in [6.07, 6.45) is 4.65. The Bertz CT molecular complexity index is 297. The van der Waals surface area contributed by atoms with Crippen molar-refractivity contribution < 1.29 is 4.74 Å². The van der Waals surface area contributed by atoms with Crippen LogP contribution < -0.4 is 11.3 Å². The van der Waals surface area contributed by atoms with Crippen molar-refractivity contribution in [2.24, 2.45) is 5.84 Å². The van der Waals surface area contributed by atoms with Crippen LogP contribution in [0, 0.1) is 11.8 Å². The van der Waals surface area contributed by atoms with Gasteiger partial charge in [-0.2, -0.15) is 0 Å². The predicted molar refractivity (Wildman–Crippen MR) is 68.1 cm³/mol. The smallest absolute Gasteiger partial charge is 0.0869 e. The fraction of sp³-hybridized carbons (Fsp3) is 0.846. The molecule has 4 heteroatoms. The second kappa shape index (κ2) is 6.36. The Morgan fingerprint density at radius 3 is 3.24 bits per heavy atom. The first-order valence-electron chi connectivity index (χ1n) is 6.56. The summed E-state index contributed by atoms with van der Waals surface area (Å²) >= 11 is 0. The summed E-state index contributed by atoms with van der Waals surface area (Å²) in [6.45, 7) is 4.97. The van der Waals surface area contributed by atoms with Crippen LogP contribution in [-0.4, -0.2) is 42.8 Å². The molecule has 2 aliphatic rings. The average molecular weight is 237 g/mol. The van der Waals surface area contributed by atoms with E-state index in [4.69, 9.17) is 10.6 Å². The number of fused-ring (bicyclic) bond motifs is 1. The van der Waals surface area contributed by atoms with Crippen LogP contribution in [0.3, 0.4) is 0 Å². The number of hydrazine groups is 1. The van der Waals surface area contributed by atoms with E-state index in [9.17, 15) is 0 Å². The van der Waals surface area contributed by atoms with Gasteiger partial charge in [-0.1, -0.05) is 0 Å². The van der Waals surface area contributed by atoms with Crippen LogP contribution in [0.1, 0.15) is 32.6 Å². The van der Waals surface area contributed by atoms with Crippen LogP contribution in [-0.2, 0) is 4.74 Å². The summed E-state index contributed by atoms with van der Waals surface area (Å²) in [5.74, 6) is 11.6. The van der Waals surface area contributed by atoms with Crippen LogP contribution in [0.25, 0.3) is 0 Å². The molecule has 3 N–H and O–H groups in total. The van der Waals surface area contributed by atoms with Gasteiger partial charge in [0.05, 0.1) is 12.7 Å². The molecule has 0 saturated carbocycles. The van der Waals surface area contributed by atoms with Gasteiger partial charge in [0.25, 0.3) is 0 Å². The molecule has 2 fully saturated rings. The van der Waals surface area contributed by atoms with Gasteiger partial charge in [0.15, 0.2) is 0 Å². The highest BCUT2D eigenvalue weighted by Crippen LogP contribution is 2.24. The molecule has 2 rings (SSSR count). The molecule has 96 valence electrons. The van der Waals surface area contributed by atoms with Crippen molar-refractivity contribution in [2.75, 3.05) is 19.7 Å². The minimum absolute atomic E-state index is 0.216. The monoisotopic (exact) mass is 237 g/mol. The lowest BCUT2D eigenvalue weighted by molar-refractivity contribution is -0.0654. The van der Waals surface area contributed by atoms with Gasteiger partial charge in [-0.05, 0) is 32.7 Å². The molecule has 2 heterocycles. The molecule has 4 nitrogen and oxygen atoms in total. The average Bonchev–Trinajstić information content (AvgIpc) is 2.82. The number of hydrogen-bond acceptors (Lipinski definition) is 4. The molecular formula is C13H23N3O. The maximum absolute atomic E-state index is 5.94. The van der Waals surface area contributed by atoms with E-state index in [0.717, 1.165) is 26.0 Å². The first-order valence-corrected chi connectivity index (χ1v) is 6.56. The highest BCUT2D eigenvalue weighted by atomic mass is 16.5. The standard InChI is InChI=1S/C13H23N3O/c1-2-3-4-7-12(15-14)13-9-16-8-5-6-11(16)10-17-13/h11-13,15H,4-10,14H2,1H3. The lowest BCUT2D eigenvalue weighted by atomic mass is 10.0. The first kappa shape index (κ1) is 12.8. The molecule has 0 aromatic carbocycles. The van der Waals surface area contributed by atoms with Crippen LogP contribution in [0.4, 0.5) is 0 Å². The van der Waals surface area contributed by atoms with E-state index in [0.29, 0.717) is 6.04 Å². The molecular weight excluding hydrogens is 214 g/mol. The Morgan fingerprint density at radius 2 is 2.47 bits per heavy atom. The lowest BCUT2D eigenvalue weighted by Gasteiger charge is -2.38. The molecule has 0 radical (unpaired) electrons. The van der Waals surface area contributed by atoms with Gasteiger partial charge in [-0.3, -0.25) is 16.2 Å². The Labute approximate surface area is 104 Å². The van der Waals surface area contributed by atoms with Gasteiger partial charge in [0, 0.05) is 25.0 Å². The van der Waals surface area contributed by atoms with Crippen LogP contribution >= 0.6 is 0 Å². The summed E-state index contributed by atoms with van der Waals surface area (Å²) in [5.41, 5.74) is 2.89. The van der Waals surface area contributed by atoms with E-state index in [1.165, 1.54) is 19.4 Å². The Hall–Kier alpha value is -0.600. The zero-order chi connectivity index (χ0) is 12.1. The van der Waals surface area contributed by atoms with E-state index in [1.54, 1.807) is 0 Å². The topological polar surface area (TPSA) is 50.5 Å². The van der Waals surface area contributed by atoms with E-state index in [1.807, 2.05) is 6.92 Å². The number of nitrogens with two attached hydrogens (primary N) is 1. The second-order valence-corrected chi connectivity index (χ2v) is 4.90. The summed E-state index contributed by atoms with van der Waals surface area (Å²) in [4.78, 5) is 2.55. The molecule has 0 aromatic rings. The molecule has 3 unspecified atom stereocenters. The maximum Gasteiger partial charge on any atom is 0.0869 e. The fourth-order valence-corrected chi connectivity index (χ4v) is 2.82. The van der Waals surface area contributed by atoms with Crippen LogP contribution in [0.2, 0.25) is 0 Å². The third-order valence-corrected chi connectivity index (χ3v) is 3.84. The Kier molecular flexibility index (Phi) is 4.81. The van der Waals surface area contributed by atoms with Gasteiger partial charge in [-0.25, -0.2) is 0 Å². The predicted octanol–water partition coefficient (Wildman–Crippen LogP) is 0.485. The zero-order valence-corrected chi connectivity index (χ0v) is 10.6. The number of ether oxygens (including phenoxy) is 1. The first-order chi connectivity index (χ1) is 8.35. The largest absolute Gasteiger partial charge is 0.374 e. The SMILES string of the molecule is CC#CCCC(NN)C1CN2CCCC2CO1. The summed E-state index contributed by atoms with van der Waals surface area (Å²) in [5, 5.41) is 0. The molecule has 2 aliphatic heterocycles. The van der Waals surface area contributed by atoms with Gasteiger partial charge in [-0.15, -0.1) is 11.8 Å². The highest BCUT2D eigenvalue weighted by Gasteiger charge is 2.35.